The first kappa shape index (κ1) is 14.2. The summed E-state index contributed by atoms with van der Waals surface area (Å²) in [4.78, 5) is 2.25. The molecule has 1 atom stereocenters. The predicted octanol–water partition coefficient (Wildman–Crippen LogP) is 1.56. The van der Waals surface area contributed by atoms with Crippen molar-refractivity contribution in [1.29, 1.82) is 0 Å². The third kappa shape index (κ3) is 4.16. The van der Waals surface area contributed by atoms with Gasteiger partial charge in [-0.25, -0.2) is 4.39 Å². The summed E-state index contributed by atoms with van der Waals surface area (Å²) < 4.78 is 24.5. The number of rotatable bonds is 5. The number of nitrogens with two attached hydrogens (primary N) is 1. The molecule has 106 valence electrons. The number of benzene rings is 1. The second-order valence-electron chi connectivity index (χ2n) is 4.78. The van der Waals surface area contributed by atoms with E-state index in [1.165, 1.54) is 6.07 Å². The van der Waals surface area contributed by atoms with Crippen LogP contribution in [0.2, 0.25) is 0 Å². The summed E-state index contributed by atoms with van der Waals surface area (Å²) in [6, 6.07) is 4.72. The van der Waals surface area contributed by atoms with Crippen LogP contribution in [0.5, 0.6) is 5.75 Å². The van der Waals surface area contributed by atoms with E-state index in [-0.39, 0.29) is 17.6 Å². The van der Waals surface area contributed by atoms with E-state index in [4.69, 9.17) is 15.2 Å². The Bertz CT molecular complexity index is 406. The zero-order chi connectivity index (χ0) is 13.7. The van der Waals surface area contributed by atoms with Crippen LogP contribution in [-0.2, 0) is 4.74 Å². The van der Waals surface area contributed by atoms with Gasteiger partial charge in [0.1, 0.15) is 6.61 Å². The van der Waals surface area contributed by atoms with E-state index >= 15 is 0 Å². The van der Waals surface area contributed by atoms with Crippen molar-refractivity contribution in [3.05, 3.63) is 29.6 Å². The molecule has 1 aliphatic heterocycles. The fourth-order valence-electron chi connectivity index (χ4n) is 2.03. The number of hydrogen-bond acceptors (Lipinski definition) is 4. The van der Waals surface area contributed by atoms with Crippen molar-refractivity contribution in [3.8, 4) is 5.75 Å². The van der Waals surface area contributed by atoms with E-state index in [9.17, 15) is 4.39 Å². The van der Waals surface area contributed by atoms with Gasteiger partial charge in [-0.15, -0.1) is 0 Å². The number of ether oxygens (including phenoxy) is 2. The van der Waals surface area contributed by atoms with Crippen molar-refractivity contribution in [2.45, 2.75) is 13.0 Å². The van der Waals surface area contributed by atoms with Crippen molar-refractivity contribution in [2.75, 3.05) is 39.5 Å². The monoisotopic (exact) mass is 268 g/mol. The number of halogens is 1. The van der Waals surface area contributed by atoms with Gasteiger partial charge >= 0.3 is 0 Å². The molecule has 0 radical (unpaired) electrons. The Morgan fingerprint density at radius 1 is 1.42 bits per heavy atom. The minimum atomic E-state index is -0.350. The summed E-state index contributed by atoms with van der Waals surface area (Å²) in [6.45, 7) is 6.44. The van der Waals surface area contributed by atoms with E-state index in [1.807, 2.05) is 6.92 Å². The molecule has 0 amide bonds. The van der Waals surface area contributed by atoms with E-state index < -0.39 is 0 Å². The molecule has 0 aliphatic carbocycles. The molecule has 2 rings (SSSR count). The average molecular weight is 268 g/mol. The molecule has 0 saturated carbocycles. The van der Waals surface area contributed by atoms with Gasteiger partial charge < -0.3 is 15.2 Å². The normalized spacial score (nSPS) is 18.3. The molecule has 19 heavy (non-hydrogen) atoms. The first-order valence-electron chi connectivity index (χ1n) is 6.65. The molecule has 1 aromatic rings. The summed E-state index contributed by atoms with van der Waals surface area (Å²) in [5.41, 5.74) is 6.48. The average Bonchev–Trinajstić information content (AvgIpc) is 2.41. The standard InChI is InChI=1S/C14H21FN2O2/c1-11(16)12-2-3-14(13(15)10-12)19-9-6-17-4-7-18-8-5-17/h2-3,10-11H,4-9,16H2,1H3. The Labute approximate surface area is 113 Å². The Balaban J connectivity index is 1.82. The Hall–Kier alpha value is -1.17. The maximum absolute atomic E-state index is 13.8. The van der Waals surface area contributed by atoms with Crippen LogP contribution < -0.4 is 10.5 Å². The molecule has 1 fully saturated rings. The van der Waals surface area contributed by atoms with E-state index in [0.717, 1.165) is 38.4 Å². The summed E-state index contributed by atoms with van der Waals surface area (Å²) >= 11 is 0. The molecule has 0 spiro atoms. The molecular formula is C14H21FN2O2. The predicted molar refractivity (Wildman–Crippen MR) is 71.8 cm³/mol. The Morgan fingerprint density at radius 3 is 2.79 bits per heavy atom. The molecule has 0 aromatic heterocycles. The quantitative estimate of drug-likeness (QED) is 0.880. The van der Waals surface area contributed by atoms with Crippen molar-refractivity contribution >= 4 is 0 Å². The largest absolute Gasteiger partial charge is 0.489 e. The van der Waals surface area contributed by atoms with Crippen molar-refractivity contribution in [1.82, 2.24) is 4.90 Å². The summed E-state index contributed by atoms with van der Waals surface area (Å²) in [5.74, 6) is -0.0607. The Kier molecular flexibility index (Phi) is 5.13. The summed E-state index contributed by atoms with van der Waals surface area (Å²) in [5, 5.41) is 0. The number of hydrogen-bond donors (Lipinski definition) is 1. The minimum Gasteiger partial charge on any atom is -0.489 e. The molecule has 1 aliphatic rings. The van der Waals surface area contributed by atoms with Crippen LogP contribution in [0.3, 0.4) is 0 Å². The van der Waals surface area contributed by atoms with Crippen LogP contribution in [0.1, 0.15) is 18.5 Å². The first-order valence-corrected chi connectivity index (χ1v) is 6.65. The molecule has 2 N–H and O–H groups in total. The lowest BCUT2D eigenvalue weighted by molar-refractivity contribution is 0.0320. The zero-order valence-corrected chi connectivity index (χ0v) is 11.3. The van der Waals surface area contributed by atoms with Gasteiger partial charge in [0.05, 0.1) is 13.2 Å². The third-order valence-electron chi connectivity index (χ3n) is 3.25. The van der Waals surface area contributed by atoms with Crippen LogP contribution in [0, 0.1) is 5.82 Å². The second-order valence-corrected chi connectivity index (χ2v) is 4.78. The highest BCUT2D eigenvalue weighted by Gasteiger charge is 2.11. The van der Waals surface area contributed by atoms with Crippen LogP contribution in [0.4, 0.5) is 4.39 Å². The topological polar surface area (TPSA) is 47.7 Å². The van der Waals surface area contributed by atoms with Gasteiger partial charge in [-0.3, -0.25) is 4.90 Å². The van der Waals surface area contributed by atoms with E-state index in [1.54, 1.807) is 12.1 Å². The maximum Gasteiger partial charge on any atom is 0.165 e. The van der Waals surface area contributed by atoms with E-state index in [0.29, 0.717) is 6.61 Å². The lowest BCUT2D eigenvalue weighted by Crippen LogP contribution is -2.38. The van der Waals surface area contributed by atoms with E-state index in [2.05, 4.69) is 4.90 Å². The number of morpholine rings is 1. The second kappa shape index (κ2) is 6.84. The van der Waals surface area contributed by atoms with Gasteiger partial charge in [-0.05, 0) is 24.6 Å². The summed E-state index contributed by atoms with van der Waals surface area (Å²) in [7, 11) is 0. The highest BCUT2D eigenvalue weighted by molar-refractivity contribution is 5.30. The lowest BCUT2D eigenvalue weighted by Gasteiger charge is -2.26. The van der Waals surface area contributed by atoms with Crippen molar-refractivity contribution < 1.29 is 13.9 Å². The SMILES string of the molecule is CC(N)c1ccc(OCCN2CCOCC2)c(F)c1. The van der Waals surface area contributed by atoms with Gasteiger partial charge in [0.25, 0.3) is 0 Å². The highest BCUT2D eigenvalue weighted by atomic mass is 19.1. The zero-order valence-electron chi connectivity index (χ0n) is 11.3. The molecule has 1 aromatic carbocycles. The van der Waals surface area contributed by atoms with Gasteiger partial charge in [-0.1, -0.05) is 6.07 Å². The summed E-state index contributed by atoms with van der Waals surface area (Å²) in [6.07, 6.45) is 0. The molecule has 0 bridgehead atoms. The fraction of sp³-hybridized carbons (Fsp3) is 0.571. The van der Waals surface area contributed by atoms with Crippen LogP contribution >= 0.6 is 0 Å². The van der Waals surface area contributed by atoms with Crippen LogP contribution in [0.25, 0.3) is 0 Å². The van der Waals surface area contributed by atoms with Gasteiger partial charge in [0.2, 0.25) is 0 Å². The maximum atomic E-state index is 13.8. The van der Waals surface area contributed by atoms with Gasteiger partial charge in [0.15, 0.2) is 11.6 Å². The Morgan fingerprint density at radius 2 is 2.16 bits per heavy atom. The minimum absolute atomic E-state index is 0.170. The molecule has 1 heterocycles. The molecule has 5 heteroatoms. The van der Waals surface area contributed by atoms with Crippen molar-refractivity contribution in [3.63, 3.8) is 0 Å². The third-order valence-corrected chi connectivity index (χ3v) is 3.25. The van der Waals surface area contributed by atoms with Gasteiger partial charge in [0, 0.05) is 25.7 Å². The molecule has 1 unspecified atom stereocenters. The van der Waals surface area contributed by atoms with Gasteiger partial charge in [-0.2, -0.15) is 0 Å². The molecule has 4 nitrogen and oxygen atoms in total. The van der Waals surface area contributed by atoms with Crippen LogP contribution in [-0.4, -0.2) is 44.4 Å². The fourth-order valence-corrected chi connectivity index (χ4v) is 2.03. The number of nitrogens with zero attached hydrogens (tertiary/aromatic N) is 1. The first-order chi connectivity index (χ1) is 9.16. The van der Waals surface area contributed by atoms with Crippen LogP contribution in [0.15, 0.2) is 18.2 Å². The highest BCUT2D eigenvalue weighted by Crippen LogP contribution is 2.21. The molecule has 1 saturated heterocycles. The lowest BCUT2D eigenvalue weighted by atomic mass is 10.1. The smallest absolute Gasteiger partial charge is 0.165 e. The van der Waals surface area contributed by atoms with Crippen molar-refractivity contribution in [2.24, 2.45) is 5.73 Å². The molecular weight excluding hydrogens is 247 g/mol.